The van der Waals surface area contributed by atoms with E-state index in [4.69, 9.17) is 10.7 Å². The fourth-order valence-electron chi connectivity index (χ4n) is 4.45. The highest BCUT2D eigenvalue weighted by atomic mass is 15.1. The lowest BCUT2D eigenvalue weighted by atomic mass is 9.89. The monoisotopic (exact) mass is 423 g/mol. The normalized spacial score (nSPS) is 15.2. The van der Waals surface area contributed by atoms with Gasteiger partial charge in [0, 0.05) is 23.8 Å². The molecule has 5 nitrogen and oxygen atoms in total. The molecule has 1 fully saturated rings. The lowest BCUT2D eigenvalue weighted by molar-refractivity contribution is 0.255. The molecule has 32 heavy (non-hydrogen) atoms. The number of likely N-dealkylation sites (tertiary alicyclic amines) is 1. The summed E-state index contributed by atoms with van der Waals surface area (Å²) in [4.78, 5) is 11.7. The fourth-order valence-corrected chi connectivity index (χ4v) is 4.45. The molecule has 0 spiro atoms. The number of anilines is 2. The molecule has 5 heteroatoms. The first-order valence-corrected chi connectivity index (χ1v) is 11.3. The minimum absolute atomic E-state index is 0.536. The van der Waals surface area contributed by atoms with Gasteiger partial charge in [0.05, 0.1) is 5.52 Å². The second-order valence-corrected chi connectivity index (χ2v) is 8.70. The summed E-state index contributed by atoms with van der Waals surface area (Å²) in [6.07, 6.45) is 4.33. The van der Waals surface area contributed by atoms with Crippen LogP contribution in [0.15, 0.2) is 72.9 Å². The van der Waals surface area contributed by atoms with Crippen LogP contribution in [-0.2, 0) is 6.54 Å². The van der Waals surface area contributed by atoms with Crippen LogP contribution in [0.2, 0.25) is 0 Å². The van der Waals surface area contributed by atoms with Gasteiger partial charge in [-0.05, 0) is 85.4 Å². The van der Waals surface area contributed by atoms with Crippen molar-refractivity contribution in [3.8, 4) is 11.1 Å². The van der Waals surface area contributed by atoms with Gasteiger partial charge in [-0.25, -0.2) is 9.97 Å². The van der Waals surface area contributed by atoms with E-state index in [1.54, 1.807) is 0 Å². The van der Waals surface area contributed by atoms with Gasteiger partial charge in [-0.15, -0.1) is 0 Å². The number of hydrogen-bond acceptors (Lipinski definition) is 5. The Morgan fingerprint density at radius 1 is 0.969 bits per heavy atom. The van der Waals surface area contributed by atoms with Crippen molar-refractivity contribution in [3.63, 3.8) is 0 Å². The topological polar surface area (TPSA) is 67.1 Å². The molecule has 3 aromatic carbocycles. The maximum atomic E-state index is 5.81. The number of hydrogen-bond donors (Lipinski definition) is 2. The molecule has 0 bridgehead atoms. The van der Waals surface area contributed by atoms with E-state index >= 15 is 0 Å². The summed E-state index contributed by atoms with van der Waals surface area (Å²) < 4.78 is 0. The second kappa shape index (κ2) is 9.07. The Kier molecular flexibility index (Phi) is 5.84. The van der Waals surface area contributed by atoms with Gasteiger partial charge in [0.25, 0.3) is 0 Å². The summed E-state index contributed by atoms with van der Waals surface area (Å²) in [6.45, 7) is 2.89. The van der Waals surface area contributed by atoms with E-state index in [0.29, 0.717) is 18.4 Å². The molecule has 1 aromatic heterocycles. The first-order valence-electron chi connectivity index (χ1n) is 11.3. The van der Waals surface area contributed by atoms with Crippen molar-refractivity contribution in [2.45, 2.75) is 25.3 Å². The van der Waals surface area contributed by atoms with Crippen LogP contribution in [-0.4, -0.2) is 35.0 Å². The number of nitrogens with one attached hydrogen (secondary N) is 1. The third-order valence-electron chi connectivity index (χ3n) is 6.44. The number of piperidine rings is 1. The van der Waals surface area contributed by atoms with Gasteiger partial charge in [0.2, 0.25) is 5.95 Å². The van der Waals surface area contributed by atoms with Crippen LogP contribution in [0.5, 0.6) is 0 Å². The first-order chi connectivity index (χ1) is 15.7. The summed E-state index contributed by atoms with van der Waals surface area (Å²) >= 11 is 0. The Balaban J connectivity index is 1.35. The molecule has 4 aromatic rings. The zero-order chi connectivity index (χ0) is 21.9. The van der Waals surface area contributed by atoms with Crippen LogP contribution in [0.25, 0.3) is 22.0 Å². The van der Waals surface area contributed by atoms with E-state index < -0.39 is 0 Å². The van der Waals surface area contributed by atoms with E-state index in [-0.39, 0.29) is 0 Å². The molecule has 0 atom stereocenters. The van der Waals surface area contributed by atoms with Gasteiger partial charge in [-0.2, -0.15) is 0 Å². The van der Waals surface area contributed by atoms with Crippen LogP contribution >= 0.6 is 0 Å². The van der Waals surface area contributed by atoms with Crippen molar-refractivity contribution in [2.24, 2.45) is 5.73 Å². The van der Waals surface area contributed by atoms with E-state index in [9.17, 15) is 0 Å². The van der Waals surface area contributed by atoms with Gasteiger partial charge < -0.3 is 16.0 Å². The maximum absolute atomic E-state index is 5.81. The molecule has 0 radical (unpaired) electrons. The highest BCUT2D eigenvalue weighted by Gasteiger charge is 2.18. The Hall–Kier alpha value is -3.28. The van der Waals surface area contributed by atoms with Crippen molar-refractivity contribution in [2.75, 3.05) is 25.5 Å². The fraction of sp³-hybridized carbons (Fsp3) is 0.259. The average Bonchev–Trinajstić information content (AvgIpc) is 2.85. The molecule has 5 rings (SSSR count). The molecule has 3 N–H and O–H groups in total. The molecular formula is C27H29N5. The lowest BCUT2D eigenvalue weighted by Crippen LogP contribution is -2.29. The van der Waals surface area contributed by atoms with E-state index in [1.165, 1.54) is 31.5 Å². The Morgan fingerprint density at radius 2 is 1.75 bits per heavy atom. The standard InChI is InChI=1S/C27H29N5/c1-32-13-11-21(12-14-32)20-7-9-25(10-8-20)30-27-29-18-24-6-5-23(16-26(24)31-27)22-4-2-3-19(15-22)17-28/h2-10,15-16,18,21H,11-14,17,28H2,1H3,(H,29,30,31). The smallest absolute Gasteiger partial charge is 0.227 e. The zero-order valence-electron chi connectivity index (χ0n) is 18.5. The lowest BCUT2D eigenvalue weighted by Gasteiger charge is -2.29. The minimum atomic E-state index is 0.536. The third-order valence-corrected chi connectivity index (χ3v) is 6.44. The highest BCUT2D eigenvalue weighted by molar-refractivity contribution is 5.84. The third kappa shape index (κ3) is 4.49. The van der Waals surface area contributed by atoms with E-state index in [1.807, 2.05) is 18.3 Å². The van der Waals surface area contributed by atoms with Gasteiger partial charge in [0.1, 0.15) is 0 Å². The predicted octanol–water partition coefficient (Wildman–Crippen LogP) is 5.31. The van der Waals surface area contributed by atoms with Gasteiger partial charge >= 0.3 is 0 Å². The maximum Gasteiger partial charge on any atom is 0.227 e. The number of rotatable bonds is 5. The predicted molar refractivity (Wildman–Crippen MR) is 132 cm³/mol. The largest absolute Gasteiger partial charge is 0.326 e. The minimum Gasteiger partial charge on any atom is -0.326 e. The molecular weight excluding hydrogens is 394 g/mol. The number of benzene rings is 3. The summed E-state index contributed by atoms with van der Waals surface area (Å²) in [7, 11) is 2.20. The summed E-state index contributed by atoms with van der Waals surface area (Å²) in [6, 6.07) is 23.4. The molecule has 2 heterocycles. The Labute approximate surface area is 189 Å². The number of fused-ring (bicyclic) bond motifs is 1. The van der Waals surface area contributed by atoms with Crippen molar-refractivity contribution in [1.82, 2.24) is 14.9 Å². The molecule has 0 saturated carbocycles. The van der Waals surface area contributed by atoms with Crippen molar-refractivity contribution < 1.29 is 0 Å². The first kappa shape index (κ1) is 20.6. The number of aromatic nitrogens is 2. The van der Waals surface area contributed by atoms with Crippen LogP contribution < -0.4 is 11.1 Å². The quantitative estimate of drug-likeness (QED) is 0.455. The number of nitrogens with zero attached hydrogens (tertiary/aromatic N) is 3. The number of nitrogens with two attached hydrogens (primary N) is 1. The SMILES string of the molecule is CN1CCC(c2ccc(Nc3ncc4ccc(-c5cccc(CN)c5)cc4n3)cc2)CC1. The molecule has 1 aliphatic heterocycles. The van der Waals surface area contributed by atoms with Crippen LogP contribution in [0, 0.1) is 0 Å². The molecule has 1 aliphatic rings. The Morgan fingerprint density at radius 3 is 2.53 bits per heavy atom. The van der Waals surface area contributed by atoms with Crippen LogP contribution in [0.4, 0.5) is 11.6 Å². The molecule has 0 unspecified atom stereocenters. The summed E-state index contributed by atoms with van der Waals surface area (Å²) in [5.74, 6) is 1.27. The molecule has 0 aliphatic carbocycles. The second-order valence-electron chi connectivity index (χ2n) is 8.70. The zero-order valence-corrected chi connectivity index (χ0v) is 18.5. The molecule has 0 amide bonds. The van der Waals surface area contributed by atoms with Crippen molar-refractivity contribution in [3.05, 3.63) is 84.1 Å². The van der Waals surface area contributed by atoms with Gasteiger partial charge in [-0.1, -0.05) is 42.5 Å². The van der Waals surface area contributed by atoms with Crippen molar-refractivity contribution >= 4 is 22.5 Å². The van der Waals surface area contributed by atoms with Crippen LogP contribution in [0.3, 0.4) is 0 Å². The van der Waals surface area contributed by atoms with Gasteiger partial charge in [0.15, 0.2) is 0 Å². The molecule has 162 valence electrons. The van der Waals surface area contributed by atoms with E-state index in [2.05, 4.69) is 76.8 Å². The Bertz CT molecular complexity index is 1210. The van der Waals surface area contributed by atoms with E-state index in [0.717, 1.165) is 33.3 Å². The van der Waals surface area contributed by atoms with Crippen LogP contribution in [0.1, 0.15) is 29.9 Å². The van der Waals surface area contributed by atoms with Crippen molar-refractivity contribution in [1.29, 1.82) is 0 Å². The highest BCUT2D eigenvalue weighted by Crippen LogP contribution is 2.29. The summed E-state index contributed by atoms with van der Waals surface area (Å²) in [5, 5.41) is 4.38. The molecule has 1 saturated heterocycles. The van der Waals surface area contributed by atoms with Gasteiger partial charge in [-0.3, -0.25) is 0 Å². The summed E-state index contributed by atoms with van der Waals surface area (Å²) in [5.41, 5.74) is 12.5. The average molecular weight is 424 g/mol.